The van der Waals surface area contributed by atoms with Gasteiger partial charge in [-0.2, -0.15) is 0 Å². The normalized spacial score (nSPS) is 13.9. The summed E-state index contributed by atoms with van der Waals surface area (Å²) >= 11 is 0. The van der Waals surface area contributed by atoms with E-state index >= 15 is 0 Å². The maximum absolute atomic E-state index is 4.61. The molecule has 22 heavy (non-hydrogen) atoms. The van der Waals surface area contributed by atoms with Gasteiger partial charge < -0.3 is 9.88 Å². The lowest BCUT2D eigenvalue weighted by Gasteiger charge is -2.19. The van der Waals surface area contributed by atoms with Gasteiger partial charge in [0.2, 0.25) is 0 Å². The molecule has 118 valence electrons. The van der Waals surface area contributed by atoms with Crippen molar-refractivity contribution in [3.8, 4) is 0 Å². The number of rotatable bonds is 6. The Bertz CT molecular complexity index is 632. The van der Waals surface area contributed by atoms with Crippen LogP contribution in [0.5, 0.6) is 0 Å². The lowest BCUT2D eigenvalue weighted by molar-refractivity contribution is 0.606. The van der Waals surface area contributed by atoms with Gasteiger partial charge in [-0.1, -0.05) is 0 Å². The second-order valence-electron chi connectivity index (χ2n) is 6.05. The lowest BCUT2D eigenvalue weighted by atomic mass is 9.96. The molecule has 0 bridgehead atoms. The summed E-state index contributed by atoms with van der Waals surface area (Å²) in [5.74, 6) is 3.05. The first-order valence-electron chi connectivity index (χ1n) is 8.32. The number of hydrogen-bond donors (Lipinski definition) is 1. The zero-order valence-corrected chi connectivity index (χ0v) is 13.6. The SMILES string of the molecule is Cc1nc2c(c(NCCCCn3ccnc3C)n1)CCCC2. The predicted octanol–water partition coefficient (Wildman–Crippen LogP) is 3.06. The van der Waals surface area contributed by atoms with Crippen LogP contribution in [0.4, 0.5) is 5.82 Å². The third-order valence-corrected chi connectivity index (χ3v) is 4.34. The largest absolute Gasteiger partial charge is 0.370 e. The van der Waals surface area contributed by atoms with Crippen molar-refractivity contribution in [2.75, 3.05) is 11.9 Å². The minimum atomic E-state index is 0.886. The molecule has 0 aliphatic heterocycles. The van der Waals surface area contributed by atoms with Gasteiger partial charge in [0.1, 0.15) is 17.5 Å². The molecular weight excluding hydrogens is 274 g/mol. The number of unbranched alkanes of at least 4 members (excludes halogenated alkanes) is 1. The van der Waals surface area contributed by atoms with Gasteiger partial charge in [0.25, 0.3) is 0 Å². The predicted molar refractivity (Wildman–Crippen MR) is 88.1 cm³/mol. The molecule has 1 N–H and O–H groups in total. The van der Waals surface area contributed by atoms with Gasteiger partial charge in [-0.05, 0) is 52.4 Å². The summed E-state index contributed by atoms with van der Waals surface area (Å²) in [6.45, 7) is 6.04. The van der Waals surface area contributed by atoms with Crippen LogP contribution in [0.3, 0.4) is 0 Å². The molecule has 0 aromatic carbocycles. The molecule has 0 unspecified atom stereocenters. The molecule has 2 heterocycles. The molecule has 0 radical (unpaired) electrons. The minimum absolute atomic E-state index is 0.886. The third kappa shape index (κ3) is 3.46. The number of nitrogens with zero attached hydrogens (tertiary/aromatic N) is 4. The van der Waals surface area contributed by atoms with Crippen molar-refractivity contribution >= 4 is 5.82 Å². The Morgan fingerprint density at radius 2 is 2.00 bits per heavy atom. The molecular formula is C17H25N5. The standard InChI is InChI=1S/C17H25N5/c1-13-20-16-8-4-3-7-15(16)17(21-13)19-9-5-6-11-22-12-10-18-14(22)2/h10,12H,3-9,11H2,1-2H3,(H,19,20,21). The van der Waals surface area contributed by atoms with Crippen molar-refractivity contribution in [2.24, 2.45) is 0 Å². The summed E-state index contributed by atoms with van der Waals surface area (Å²) < 4.78 is 2.21. The first-order valence-corrected chi connectivity index (χ1v) is 8.32. The summed E-state index contributed by atoms with van der Waals surface area (Å²) in [5.41, 5.74) is 2.61. The van der Waals surface area contributed by atoms with Crippen LogP contribution in [0, 0.1) is 13.8 Å². The van der Waals surface area contributed by atoms with Crippen molar-refractivity contribution in [3.05, 3.63) is 35.3 Å². The zero-order valence-electron chi connectivity index (χ0n) is 13.6. The molecule has 0 amide bonds. The van der Waals surface area contributed by atoms with Crippen molar-refractivity contribution in [1.82, 2.24) is 19.5 Å². The number of imidazole rings is 1. The summed E-state index contributed by atoms with van der Waals surface area (Å²) in [6, 6.07) is 0. The molecule has 0 spiro atoms. The zero-order chi connectivity index (χ0) is 15.4. The van der Waals surface area contributed by atoms with Gasteiger partial charge in [0, 0.05) is 36.7 Å². The number of nitrogens with one attached hydrogen (secondary N) is 1. The molecule has 0 saturated carbocycles. The van der Waals surface area contributed by atoms with Gasteiger partial charge >= 0.3 is 0 Å². The Morgan fingerprint density at radius 1 is 1.14 bits per heavy atom. The van der Waals surface area contributed by atoms with Crippen molar-refractivity contribution < 1.29 is 0 Å². The first-order chi connectivity index (χ1) is 10.7. The van der Waals surface area contributed by atoms with Crippen LogP contribution in [-0.2, 0) is 19.4 Å². The fraction of sp³-hybridized carbons (Fsp3) is 0.588. The Kier molecular flexibility index (Phi) is 4.71. The van der Waals surface area contributed by atoms with Gasteiger partial charge in [-0.3, -0.25) is 0 Å². The number of aromatic nitrogens is 4. The second-order valence-corrected chi connectivity index (χ2v) is 6.05. The molecule has 2 aromatic rings. The fourth-order valence-corrected chi connectivity index (χ4v) is 3.12. The molecule has 0 atom stereocenters. The highest BCUT2D eigenvalue weighted by Crippen LogP contribution is 2.25. The Labute approximate surface area is 132 Å². The molecule has 2 aromatic heterocycles. The van der Waals surface area contributed by atoms with Crippen molar-refractivity contribution in [1.29, 1.82) is 0 Å². The summed E-state index contributed by atoms with van der Waals surface area (Å²) in [4.78, 5) is 13.5. The molecule has 5 nitrogen and oxygen atoms in total. The highest BCUT2D eigenvalue weighted by molar-refractivity contribution is 5.47. The van der Waals surface area contributed by atoms with E-state index in [1.165, 1.54) is 24.1 Å². The molecule has 1 aliphatic carbocycles. The van der Waals surface area contributed by atoms with E-state index in [2.05, 4.69) is 24.8 Å². The van der Waals surface area contributed by atoms with Gasteiger partial charge in [-0.15, -0.1) is 0 Å². The first kappa shape index (κ1) is 15.0. The minimum Gasteiger partial charge on any atom is -0.370 e. The van der Waals surface area contributed by atoms with E-state index < -0.39 is 0 Å². The quantitative estimate of drug-likeness (QED) is 0.833. The summed E-state index contributed by atoms with van der Waals surface area (Å²) in [6.07, 6.45) is 10.9. The summed E-state index contributed by atoms with van der Waals surface area (Å²) in [7, 11) is 0. The van der Waals surface area contributed by atoms with Crippen LogP contribution < -0.4 is 5.32 Å². The van der Waals surface area contributed by atoms with E-state index in [1.54, 1.807) is 0 Å². The van der Waals surface area contributed by atoms with E-state index in [9.17, 15) is 0 Å². The number of anilines is 1. The molecule has 1 aliphatic rings. The monoisotopic (exact) mass is 299 g/mol. The van der Waals surface area contributed by atoms with Gasteiger partial charge in [0.05, 0.1) is 0 Å². The topological polar surface area (TPSA) is 55.6 Å². The number of aryl methyl sites for hydroxylation is 4. The van der Waals surface area contributed by atoms with Crippen LogP contribution in [0.1, 0.15) is 48.6 Å². The Hall–Kier alpha value is -1.91. The summed E-state index contributed by atoms with van der Waals surface area (Å²) in [5, 5.41) is 3.53. The van der Waals surface area contributed by atoms with Crippen LogP contribution in [0.25, 0.3) is 0 Å². The molecule has 0 saturated heterocycles. The van der Waals surface area contributed by atoms with Crippen molar-refractivity contribution in [2.45, 2.75) is 58.9 Å². The maximum atomic E-state index is 4.61. The average Bonchev–Trinajstić information content (AvgIpc) is 2.92. The molecule has 5 heteroatoms. The smallest absolute Gasteiger partial charge is 0.133 e. The van der Waals surface area contributed by atoms with Crippen molar-refractivity contribution in [3.63, 3.8) is 0 Å². The Balaban J connectivity index is 1.51. The number of hydrogen-bond acceptors (Lipinski definition) is 4. The third-order valence-electron chi connectivity index (χ3n) is 4.34. The van der Waals surface area contributed by atoms with Crippen LogP contribution >= 0.6 is 0 Å². The lowest BCUT2D eigenvalue weighted by Crippen LogP contribution is -2.14. The van der Waals surface area contributed by atoms with Gasteiger partial charge in [-0.25, -0.2) is 15.0 Å². The van der Waals surface area contributed by atoms with E-state index in [1.807, 2.05) is 26.2 Å². The van der Waals surface area contributed by atoms with E-state index in [4.69, 9.17) is 0 Å². The van der Waals surface area contributed by atoms with Crippen LogP contribution in [0.2, 0.25) is 0 Å². The Morgan fingerprint density at radius 3 is 2.82 bits per heavy atom. The van der Waals surface area contributed by atoms with Gasteiger partial charge in [0.15, 0.2) is 0 Å². The molecule has 0 fully saturated rings. The van der Waals surface area contributed by atoms with Crippen LogP contribution in [-0.4, -0.2) is 26.1 Å². The van der Waals surface area contributed by atoms with Crippen LogP contribution in [0.15, 0.2) is 12.4 Å². The average molecular weight is 299 g/mol. The highest BCUT2D eigenvalue weighted by atomic mass is 15.1. The van der Waals surface area contributed by atoms with E-state index in [0.29, 0.717) is 0 Å². The fourth-order valence-electron chi connectivity index (χ4n) is 3.12. The van der Waals surface area contributed by atoms with E-state index in [-0.39, 0.29) is 0 Å². The maximum Gasteiger partial charge on any atom is 0.133 e. The second kappa shape index (κ2) is 6.90. The molecule has 3 rings (SSSR count). The highest BCUT2D eigenvalue weighted by Gasteiger charge is 2.16. The number of fused-ring (bicyclic) bond motifs is 1. The van der Waals surface area contributed by atoms with E-state index in [0.717, 1.165) is 56.2 Å².